The van der Waals surface area contributed by atoms with Gasteiger partial charge in [-0.15, -0.1) is 0 Å². The van der Waals surface area contributed by atoms with Gasteiger partial charge in [-0.05, 0) is 64.1 Å². The second kappa shape index (κ2) is 10.7. The minimum absolute atomic E-state index is 0.0827. The maximum absolute atomic E-state index is 12.8. The lowest BCUT2D eigenvalue weighted by Gasteiger charge is -2.30. The van der Waals surface area contributed by atoms with Crippen molar-refractivity contribution in [3.05, 3.63) is 119 Å². The molecule has 2 N–H and O–H groups in total. The number of methoxy groups -OCH3 is 1. The number of benzene rings is 4. The highest BCUT2D eigenvalue weighted by atomic mass is 16.5. The van der Waals surface area contributed by atoms with Crippen LogP contribution in [0.2, 0.25) is 0 Å². The van der Waals surface area contributed by atoms with Crippen LogP contribution in [0, 0.1) is 0 Å². The van der Waals surface area contributed by atoms with Gasteiger partial charge >= 0.3 is 0 Å². The lowest BCUT2D eigenvalue weighted by molar-refractivity contribution is 0.0950. The van der Waals surface area contributed by atoms with Crippen molar-refractivity contribution in [1.29, 1.82) is 0 Å². The second-order valence-corrected chi connectivity index (χ2v) is 9.15. The van der Waals surface area contributed by atoms with Crippen molar-refractivity contribution in [3.63, 3.8) is 0 Å². The molecule has 36 heavy (non-hydrogen) atoms. The number of hydrogen-bond acceptors (Lipinski definition) is 4. The van der Waals surface area contributed by atoms with Gasteiger partial charge < -0.3 is 15.2 Å². The van der Waals surface area contributed by atoms with Gasteiger partial charge in [0.05, 0.1) is 7.11 Å². The number of aromatic hydroxyl groups is 1. The first kappa shape index (κ1) is 23.6. The molecule has 182 valence electrons. The lowest BCUT2D eigenvalue weighted by Crippen LogP contribution is -2.31. The largest absolute Gasteiger partial charge is 0.504 e. The maximum atomic E-state index is 12.8. The van der Waals surface area contributed by atoms with Crippen LogP contribution in [-0.4, -0.2) is 29.6 Å². The highest BCUT2D eigenvalue weighted by molar-refractivity contribution is 5.94. The van der Waals surface area contributed by atoms with Crippen molar-refractivity contribution >= 4 is 5.91 Å². The fourth-order valence-electron chi connectivity index (χ4n) is 4.78. The molecule has 4 aromatic carbocycles. The third-order valence-electron chi connectivity index (χ3n) is 6.80. The summed E-state index contributed by atoms with van der Waals surface area (Å²) in [5.41, 5.74) is 7.52. The first-order valence-corrected chi connectivity index (χ1v) is 12.2. The summed E-state index contributed by atoms with van der Waals surface area (Å²) >= 11 is 0. The molecular formula is C31H30N2O3. The third-order valence-corrected chi connectivity index (χ3v) is 6.80. The number of amides is 1. The molecule has 0 atom stereocenters. The SMILES string of the molecule is COc1cc2c(cc1O)CN(Cc1ccccc1CNC(=O)c1ccc(-c3ccccc3)cc1)CC2. The molecule has 1 aliphatic rings. The van der Waals surface area contributed by atoms with E-state index in [1.807, 2.05) is 66.7 Å². The summed E-state index contributed by atoms with van der Waals surface area (Å²) in [7, 11) is 1.58. The zero-order chi connectivity index (χ0) is 24.9. The summed E-state index contributed by atoms with van der Waals surface area (Å²) in [5.74, 6) is 0.622. The molecule has 4 aromatic rings. The molecule has 1 heterocycles. The van der Waals surface area contributed by atoms with E-state index in [9.17, 15) is 9.90 Å². The van der Waals surface area contributed by atoms with Gasteiger partial charge in [0.1, 0.15) is 0 Å². The average Bonchev–Trinajstić information content (AvgIpc) is 2.92. The van der Waals surface area contributed by atoms with E-state index in [4.69, 9.17) is 4.74 Å². The van der Waals surface area contributed by atoms with Crippen LogP contribution in [0.5, 0.6) is 11.5 Å². The fraction of sp³-hybridized carbons (Fsp3) is 0.194. The van der Waals surface area contributed by atoms with Crippen LogP contribution in [0.4, 0.5) is 0 Å². The summed E-state index contributed by atoms with van der Waals surface area (Å²) in [5, 5.41) is 13.3. The van der Waals surface area contributed by atoms with Crippen LogP contribution in [0.15, 0.2) is 91.0 Å². The molecular weight excluding hydrogens is 448 g/mol. The van der Waals surface area contributed by atoms with Gasteiger partial charge in [0.25, 0.3) is 5.91 Å². The van der Waals surface area contributed by atoms with Gasteiger partial charge in [0.15, 0.2) is 11.5 Å². The number of nitrogens with zero attached hydrogens (tertiary/aromatic N) is 1. The van der Waals surface area contributed by atoms with Crippen LogP contribution >= 0.6 is 0 Å². The molecule has 0 saturated carbocycles. The van der Waals surface area contributed by atoms with E-state index < -0.39 is 0 Å². The quantitative estimate of drug-likeness (QED) is 0.365. The third kappa shape index (κ3) is 5.26. The van der Waals surface area contributed by atoms with Gasteiger partial charge in [0, 0.05) is 31.7 Å². The topological polar surface area (TPSA) is 61.8 Å². The monoisotopic (exact) mass is 478 g/mol. The molecule has 1 aliphatic heterocycles. The Bertz CT molecular complexity index is 1350. The smallest absolute Gasteiger partial charge is 0.251 e. The van der Waals surface area contributed by atoms with Gasteiger partial charge in [-0.25, -0.2) is 0 Å². The molecule has 0 unspecified atom stereocenters. The molecule has 0 fully saturated rings. The summed E-state index contributed by atoms with van der Waals surface area (Å²) in [6.07, 6.45) is 0.907. The van der Waals surface area contributed by atoms with E-state index in [1.54, 1.807) is 7.11 Å². The van der Waals surface area contributed by atoms with Crippen molar-refractivity contribution < 1.29 is 14.6 Å². The second-order valence-electron chi connectivity index (χ2n) is 9.15. The number of nitrogens with one attached hydrogen (secondary N) is 1. The predicted octanol–water partition coefficient (Wildman–Crippen LogP) is 5.56. The van der Waals surface area contributed by atoms with Crippen LogP contribution in [0.3, 0.4) is 0 Å². The Balaban J connectivity index is 1.22. The van der Waals surface area contributed by atoms with E-state index >= 15 is 0 Å². The lowest BCUT2D eigenvalue weighted by atomic mass is 9.97. The number of carbonyl (C=O) groups excluding carboxylic acids is 1. The average molecular weight is 479 g/mol. The standard InChI is InChI=1S/C31H30N2O3/c1-36-30-18-25-15-16-33(21-28(25)17-29(30)34)20-27-10-6-5-9-26(27)19-32-31(35)24-13-11-23(12-14-24)22-7-3-2-4-8-22/h2-14,17-18,34H,15-16,19-21H2,1H3,(H,32,35). The van der Waals surface area contributed by atoms with Gasteiger partial charge in [-0.2, -0.15) is 0 Å². The van der Waals surface area contributed by atoms with Crippen molar-refractivity contribution in [2.75, 3.05) is 13.7 Å². The van der Waals surface area contributed by atoms with Crippen molar-refractivity contribution in [2.24, 2.45) is 0 Å². The predicted molar refractivity (Wildman–Crippen MR) is 142 cm³/mol. The minimum Gasteiger partial charge on any atom is -0.504 e. The van der Waals surface area contributed by atoms with Crippen LogP contribution < -0.4 is 10.1 Å². The maximum Gasteiger partial charge on any atom is 0.251 e. The Morgan fingerprint density at radius 3 is 2.33 bits per heavy atom. The highest BCUT2D eigenvalue weighted by Gasteiger charge is 2.20. The van der Waals surface area contributed by atoms with E-state index in [2.05, 4.69) is 34.5 Å². The first-order valence-electron chi connectivity index (χ1n) is 12.2. The first-order chi connectivity index (χ1) is 17.6. The molecule has 5 rings (SSSR count). The molecule has 0 saturated heterocycles. The number of carbonyl (C=O) groups is 1. The summed E-state index contributed by atoms with van der Waals surface area (Å²) in [6.45, 7) is 2.94. The molecule has 1 amide bonds. The van der Waals surface area contributed by atoms with E-state index in [0.29, 0.717) is 17.9 Å². The van der Waals surface area contributed by atoms with Gasteiger partial charge in [-0.3, -0.25) is 9.69 Å². The normalized spacial score (nSPS) is 13.1. The Kier molecular flexibility index (Phi) is 7.01. The number of fused-ring (bicyclic) bond motifs is 1. The Labute approximate surface area is 212 Å². The van der Waals surface area contributed by atoms with Crippen LogP contribution in [0.1, 0.15) is 32.6 Å². The van der Waals surface area contributed by atoms with E-state index in [1.165, 1.54) is 11.1 Å². The zero-order valence-electron chi connectivity index (χ0n) is 20.4. The van der Waals surface area contributed by atoms with Crippen LogP contribution in [0.25, 0.3) is 11.1 Å². The molecule has 0 aliphatic carbocycles. The Morgan fingerprint density at radius 1 is 0.889 bits per heavy atom. The zero-order valence-corrected chi connectivity index (χ0v) is 20.4. The summed E-state index contributed by atoms with van der Waals surface area (Å²) in [6, 6.07) is 29.9. The molecule has 0 bridgehead atoms. The number of phenols is 1. The fourth-order valence-corrected chi connectivity index (χ4v) is 4.78. The highest BCUT2D eigenvalue weighted by Crippen LogP contribution is 2.33. The van der Waals surface area contributed by atoms with Gasteiger partial charge in [0.2, 0.25) is 0 Å². The molecule has 0 aromatic heterocycles. The summed E-state index contributed by atoms with van der Waals surface area (Å²) in [4.78, 5) is 15.2. The van der Waals surface area contributed by atoms with Crippen molar-refractivity contribution in [1.82, 2.24) is 10.2 Å². The van der Waals surface area contributed by atoms with Crippen molar-refractivity contribution in [2.45, 2.75) is 26.1 Å². The number of ether oxygens (including phenoxy) is 1. The number of phenolic OH excluding ortho intramolecular Hbond substituents is 1. The summed E-state index contributed by atoms with van der Waals surface area (Å²) < 4.78 is 5.26. The number of rotatable bonds is 7. The number of hydrogen-bond donors (Lipinski definition) is 2. The Hall–Kier alpha value is -4.09. The minimum atomic E-state index is -0.0827. The molecule has 0 spiro atoms. The van der Waals surface area contributed by atoms with Crippen LogP contribution in [-0.2, 0) is 26.1 Å². The van der Waals surface area contributed by atoms with Crippen molar-refractivity contribution in [3.8, 4) is 22.6 Å². The van der Waals surface area contributed by atoms with Gasteiger partial charge in [-0.1, -0.05) is 66.7 Å². The Morgan fingerprint density at radius 2 is 1.58 bits per heavy atom. The molecule has 5 nitrogen and oxygen atoms in total. The molecule has 5 heteroatoms. The van der Waals surface area contributed by atoms with E-state index in [0.717, 1.165) is 48.3 Å². The molecule has 0 radical (unpaired) electrons. The van der Waals surface area contributed by atoms with E-state index in [-0.39, 0.29) is 11.7 Å².